The summed E-state index contributed by atoms with van der Waals surface area (Å²) in [6.07, 6.45) is 0. The third-order valence-corrected chi connectivity index (χ3v) is 2.05. The van der Waals surface area contributed by atoms with Crippen LogP contribution in [0.4, 0.5) is 5.69 Å². The molecule has 1 amide bonds. The standard InChI is InChI=1S/C9H7Cl2NO2/c1-5(13)9(14)12-8-3-2-6(10)4-7(8)11/h2-4H,1H3,(H,12,14). The van der Waals surface area contributed by atoms with E-state index in [9.17, 15) is 9.59 Å². The largest absolute Gasteiger partial charge is 0.318 e. The predicted octanol–water partition coefficient (Wildman–Crippen LogP) is 2.52. The number of Topliss-reactive ketones (excluding diaryl/α,β-unsaturated/α-hetero) is 1. The fraction of sp³-hybridized carbons (Fsp3) is 0.111. The quantitative estimate of drug-likeness (QED) is 0.796. The second-order valence-electron chi connectivity index (χ2n) is 2.63. The topological polar surface area (TPSA) is 46.2 Å². The highest BCUT2D eigenvalue weighted by atomic mass is 35.5. The first-order valence-corrected chi connectivity index (χ1v) is 4.53. The summed E-state index contributed by atoms with van der Waals surface area (Å²) in [5, 5.41) is 3.12. The Morgan fingerprint density at radius 1 is 1.29 bits per heavy atom. The molecule has 1 aromatic rings. The number of hydrogen-bond acceptors (Lipinski definition) is 2. The van der Waals surface area contributed by atoms with Gasteiger partial charge in [0, 0.05) is 11.9 Å². The summed E-state index contributed by atoms with van der Waals surface area (Å²) < 4.78 is 0. The average molecular weight is 232 g/mol. The molecule has 0 aliphatic rings. The zero-order valence-corrected chi connectivity index (χ0v) is 8.82. The maximum absolute atomic E-state index is 11.0. The molecule has 0 atom stereocenters. The highest BCUT2D eigenvalue weighted by molar-refractivity contribution is 6.42. The van der Waals surface area contributed by atoms with Gasteiger partial charge in [0.05, 0.1) is 10.7 Å². The van der Waals surface area contributed by atoms with Crippen LogP contribution in [-0.4, -0.2) is 11.7 Å². The first kappa shape index (κ1) is 11.0. The summed E-state index contributed by atoms with van der Waals surface area (Å²) in [6, 6.07) is 4.59. The van der Waals surface area contributed by atoms with Gasteiger partial charge >= 0.3 is 0 Å². The molecule has 74 valence electrons. The molecule has 0 aliphatic carbocycles. The molecular formula is C9H7Cl2NO2. The van der Waals surface area contributed by atoms with Crippen molar-refractivity contribution in [1.29, 1.82) is 0 Å². The first-order chi connectivity index (χ1) is 6.50. The van der Waals surface area contributed by atoms with Crippen molar-refractivity contribution in [3.63, 3.8) is 0 Å². The molecule has 0 unspecified atom stereocenters. The van der Waals surface area contributed by atoms with Gasteiger partial charge in [0.15, 0.2) is 0 Å². The molecule has 0 heterocycles. The molecule has 0 saturated heterocycles. The van der Waals surface area contributed by atoms with Crippen LogP contribution in [0.15, 0.2) is 18.2 Å². The number of ketones is 1. The number of anilines is 1. The summed E-state index contributed by atoms with van der Waals surface area (Å²) in [7, 11) is 0. The van der Waals surface area contributed by atoms with Crippen LogP contribution < -0.4 is 5.32 Å². The van der Waals surface area contributed by atoms with Crippen LogP contribution in [-0.2, 0) is 9.59 Å². The Morgan fingerprint density at radius 3 is 2.43 bits per heavy atom. The zero-order valence-electron chi connectivity index (χ0n) is 7.30. The van der Waals surface area contributed by atoms with Crippen LogP contribution in [0.5, 0.6) is 0 Å². The van der Waals surface area contributed by atoms with E-state index in [1.54, 1.807) is 6.07 Å². The molecule has 0 bridgehead atoms. The third kappa shape index (κ3) is 2.72. The van der Waals surface area contributed by atoms with Crippen molar-refractivity contribution < 1.29 is 9.59 Å². The smallest absolute Gasteiger partial charge is 0.291 e. The van der Waals surface area contributed by atoms with E-state index in [1.807, 2.05) is 0 Å². The molecule has 0 saturated carbocycles. The van der Waals surface area contributed by atoms with Gasteiger partial charge in [-0.25, -0.2) is 0 Å². The SMILES string of the molecule is CC(=O)C(=O)Nc1ccc(Cl)cc1Cl. The Labute approximate surface area is 91.0 Å². The Bertz CT molecular complexity index is 390. The number of hydrogen-bond donors (Lipinski definition) is 1. The van der Waals surface area contributed by atoms with E-state index in [0.29, 0.717) is 15.7 Å². The minimum absolute atomic E-state index is 0.298. The number of carbonyl (C=O) groups is 2. The summed E-state index contributed by atoms with van der Waals surface area (Å²) >= 11 is 11.4. The fourth-order valence-corrected chi connectivity index (χ4v) is 1.26. The van der Waals surface area contributed by atoms with Crippen LogP contribution in [0.25, 0.3) is 0 Å². The Morgan fingerprint density at radius 2 is 1.93 bits per heavy atom. The maximum Gasteiger partial charge on any atom is 0.291 e. The van der Waals surface area contributed by atoms with Crippen LogP contribution in [0.2, 0.25) is 10.0 Å². The lowest BCUT2D eigenvalue weighted by atomic mass is 10.3. The van der Waals surface area contributed by atoms with Gasteiger partial charge in [0.2, 0.25) is 5.78 Å². The summed E-state index contributed by atoms with van der Waals surface area (Å²) in [5.41, 5.74) is 0.372. The Kier molecular flexibility index (Phi) is 3.49. The summed E-state index contributed by atoms with van der Waals surface area (Å²) in [6.45, 7) is 1.18. The first-order valence-electron chi connectivity index (χ1n) is 3.77. The van der Waals surface area contributed by atoms with Gasteiger partial charge in [-0.05, 0) is 18.2 Å². The number of rotatable bonds is 2. The highest BCUT2D eigenvalue weighted by Gasteiger charge is 2.09. The molecule has 3 nitrogen and oxygen atoms in total. The fourth-order valence-electron chi connectivity index (χ4n) is 0.801. The number of benzene rings is 1. The molecule has 14 heavy (non-hydrogen) atoms. The van der Waals surface area contributed by atoms with E-state index in [-0.39, 0.29) is 0 Å². The molecule has 0 aliphatic heterocycles. The second-order valence-corrected chi connectivity index (χ2v) is 3.48. The van der Waals surface area contributed by atoms with Crippen molar-refractivity contribution >= 4 is 40.6 Å². The van der Waals surface area contributed by atoms with Crippen LogP contribution in [0.1, 0.15) is 6.92 Å². The van der Waals surface area contributed by atoms with Gasteiger partial charge in [-0.2, -0.15) is 0 Å². The van der Waals surface area contributed by atoms with Gasteiger partial charge < -0.3 is 5.32 Å². The molecule has 1 N–H and O–H groups in total. The van der Waals surface area contributed by atoms with E-state index < -0.39 is 11.7 Å². The molecule has 0 spiro atoms. The van der Waals surface area contributed by atoms with Crippen molar-refractivity contribution in [2.75, 3.05) is 5.32 Å². The Balaban J connectivity index is 2.87. The van der Waals surface area contributed by atoms with Crippen molar-refractivity contribution in [2.45, 2.75) is 6.92 Å². The number of carbonyl (C=O) groups excluding carboxylic acids is 2. The van der Waals surface area contributed by atoms with Crippen molar-refractivity contribution in [2.24, 2.45) is 0 Å². The average Bonchev–Trinajstić information content (AvgIpc) is 2.09. The van der Waals surface area contributed by atoms with Crippen molar-refractivity contribution in [3.8, 4) is 0 Å². The zero-order chi connectivity index (χ0) is 10.7. The third-order valence-electron chi connectivity index (χ3n) is 1.50. The molecule has 0 fully saturated rings. The van der Waals surface area contributed by atoms with E-state index >= 15 is 0 Å². The molecular weight excluding hydrogens is 225 g/mol. The van der Waals surface area contributed by atoms with Gasteiger partial charge in [0.25, 0.3) is 5.91 Å². The molecule has 1 rings (SSSR count). The maximum atomic E-state index is 11.0. The number of halogens is 2. The van der Waals surface area contributed by atoms with E-state index in [1.165, 1.54) is 19.1 Å². The van der Waals surface area contributed by atoms with Crippen LogP contribution in [0, 0.1) is 0 Å². The van der Waals surface area contributed by atoms with Crippen LogP contribution in [0.3, 0.4) is 0 Å². The van der Waals surface area contributed by atoms with Gasteiger partial charge in [0.1, 0.15) is 0 Å². The monoisotopic (exact) mass is 231 g/mol. The second kappa shape index (κ2) is 4.44. The normalized spacial score (nSPS) is 9.64. The lowest BCUT2D eigenvalue weighted by Gasteiger charge is -2.04. The van der Waals surface area contributed by atoms with E-state index in [4.69, 9.17) is 23.2 Å². The van der Waals surface area contributed by atoms with E-state index in [0.717, 1.165) is 0 Å². The Hall–Kier alpha value is -1.06. The van der Waals surface area contributed by atoms with Gasteiger partial charge in [-0.15, -0.1) is 0 Å². The highest BCUT2D eigenvalue weighted by Crippen LogP contribution is 2.25. The summed E-state index contributed by atoms with van der Waals surface area (Å²) in [4.78, 5) is 21.6. The predicted molar refractivity (Wildman–Crippen MR) is 55.8 cm³/mol. The van der Waals surface area contributed by atoms with Crippen LogP contribution >= 0.6 is 23.2 Å². The van der Waals surface area contributed by atoms with E-state index in [2.05, 4.69) is 5.32 Å². The molecule has 5 heteroatoms. The minimum Gasteiger partial charge on any atom is -0.318 e. The van der Waals surface area contributed by atoms with Gasteiger partial charge in [-0.1, -0.05) is 23.2 Å². The number of nitrogens with one attached hydrogen (secondary N) is 1. The lowest BCUT2D eigenvalue weighted by Crippen LogP contribution is -2.19. The molecule has 0 aromatic heterocycles. The number of amides is 1. The molecule has 0 radical (unpaired) electrons. The lowest BCUT2D eigenvalue weighted by molar-refractivity contribution is -0.133. The van der Waals surface area contributed by atoms with Gasteiger partial charge in [-0.3, -0.25) is 9.59 Å². The minimum atomic E-state index is -0.700. The van der Waals surface area contributed by atoms with Crippen molar-refractivity contribution in [3.05, 3.63) is 28.2 Å². The van der Waals surface area contributed by atoms with Crippen molar-refractivity contribution in [1.82, 2.24) is 0 Å². The summed E-state index contributed by atoms with van der Waals surface area (Å²) in [5.74, 6) is -1.27. The molecule has 1 aromatic carbocycles.